The van der Waals surface area contributed by atoms with Crippen LogP contribution in [-0.2, 0) is 13.1 Å². The molecule has 0 aliphatic heterocycles. The summed E-state index contributed by atoms with van der Waals surface area (Å²) in [5, 5.41) is 7.04. The van der Waals surface area contributed by atoms with E-state index >= 15 is 0 Å². The zero-order valence-corrected chi connectivity index (χ0v) is 15.1. The summed E-state index contributed by atoms with van der Waals surface area (Å²) in [5.74, 6) is 1.60. The van der Waals surface area contributed by atoms with E-state index in [1.165, 1.54) is 0 Å². The monoisotopic (exact) mass is 353 g/mol. The van der Waals surface area contributed by atoms with Gasteiger partial charge in [-0.05, 0) is 49.0 Å². The predicted octanol–water partition coefficient (Wildman–Crippen LogP) is 2.63. The Bertz CT molecular complexity index is 837. The fourth-order valence-corrected chi connectivity index (χ4v) is 2.62. The van der Waals surface area contributed by atoms with E-state index in [9.17, 15) is 4.79 Å². The van der Waals surface area contributed by atoms with E-state index in [0.717, 1.165) is 24.4 Å². The van der Waals surface area contributed by atoms with Gasteiger partial charge in [0.1, 0.15) is 5.76 Å². The molecule has 0 aromatic carbocycles. The first-order valence-corrected chi connectivity index (χ1v) is 8.73. The smallest absolute Gasteiger partial charge is 0.287 e. The highest BCUT2D eigenvalue weighted by atomic mass is 16.4. The number of carbonyl (C=O) groups is 1. The fraction of sp³-hybridized carbons (Fsp3) is 0.316. The molecule has 26 heavy (non-hydrogen) atoms. The van der Waals surface area contributed by atoms with Crippen molar-refractivity contribution in [2.75, 3.05) is 13.1 Å². The first kappa shape index (κ1) is 17.9. The maximum atomic E-state index is 12.3. The van der Waals surface area contributed by atoms with Gasteiger partial charge in [0.2, 0.25) is 0 Å². The number of hydrogen-bond donors (Lipinski definition) is 1. The van der Waals surface area contributed by atoms with Gasteiger partial charge in [-0.25, -0.2) is 9.67 Å². The van der Waals surface area contributed by atoms with Crippen LogP contribution >= 0.6 is 0 Å². The van der Waals surface area contributed by atoms with Crippen LogP contribution in [0.15, 0.2) is 53.3 Å². The second-order valence-electron chi connectivity index (χ2n) is 5.88. The molecule has 0 aliphatic rings. The van der Waals surface area contributed by atoms with Gasteiger partial charge in [0, 0.05) is 25.1 Å². The Morgan fingerprint density at radius 3 is 2.81 bits per heavy atom. The molecule has 0 aliphatic carbocycles. The summed E-state index contributed by atoms with van der Waals surface area (Å²) in [6.07, 6.45) is 5.22. The number of amides is 1. The molecule has 7 nitrogen and oxygen atoms in total. The van der Waals surface area contributed by atoms with Crippen molar-refractivity contribution in [3.8, 4) is 5.82 Å². The van der Waals surface area contributed by atoms with Crippen LogP contribution in [0.2, 0.25) is 0 Å². The van der Waals surface area contributed by atoms with Crippen LogP contribution in [0.1, 0.15) is 35.7 Å². The van der Waals surface area contributed by atoms with Crippen LogP contribution in [0.3, 0.4) is 0 Å². The molecule has 1 N–H and O–H groups in total. The third-order valence-electron chi connectivity index (χ3n) is 4.16. The Morgan fingerprint density at radius 2 is 2.08 bits per heavy atom. The third kappa shape index (κ3) is 4.37. The number of furan rings is 1. The highest BCUT2D eigenvalue weighted by Gasteiger charge is 2.12. The van der Waals surface area contributed by atoms with Gasteiger partial charge < -0.3 is 9.73 Å². The zero-order chi connectivity index (χ0) is 18.4. The topological polar surface area (TPSA) is 76.2 Å². The molecule has 3 aromatic rings. The Morgan fingerprint density at radius 1 is 1.23 bits per heavy atom. The highest BCUT2D eigenvalue weighted by molar-refractivity contribution is 5.91. The van der Waals surface area contributed by atoms with Gasteiger partial charge in [-0.1, -0.05) is 13.8 Å². The maximum absolute atomic E-state index is 12.3. The van der Waals surface area contributed by atoms with E-state index in [2.05, 4.69) is 34.1 Å². The lowest BCUT2D eigenvalue weighted by Crippen LogP contribution is -2.23. The summed E-state index contributed by atoms with van der Waals surface area (Å²) < 4.78 is 7.35. The summed E-state index contributed by atoms with van der Waals surface area (Å²) in [4.78, 5) is 18.8. The summed E-state index contributed by atoms with van der Waals surface area (Å²) in [6, 6.07) is 9.16. The fourth-order valence-electron chi connectivity index (χ4n) is 2.62. The molecule has 0 spiro atoms. The number of rotatable bonds is 8. The Balaban J connectivity index is 1.59. The summed E-state index contributed by atoms with van der Waals surface area (Å²) in [7, 11) is 0. The molecule has 0 unspecified atom stereocenters. The first-order valence-electron chi connectivity index (χ1n) is 8.73. The molecule has 136 valence electrons. The number of pyridine rings is 1. The lowest BCUT2D eigenvalue weighted by Gasteiger charge is -2.15. The predicted molar refractivity (Wildman–Crippen MR) is 97.9 cm³/mol. The zero-order valence-electron chi connectivity index (χ0n) is 15.1. The van der Waals surface area contributed by atoms with Crippen molar-refractivity contribution >= 4 is 5.91 Å². The number of nitrogens with one attached hydrogen (secondary N) is 1. The minimum absolute atomic E-state index is 0.228. The van der Waals surface area contributed by atoms with E-state index < -0.39 is 0 Å². The van der Waals surface area contributed by atoms with Crippen LogP contribution in [0.25, 0.3) is 5.82 Å². The van der Waals surface area contributed by atoms with Crippen LogP contribution < -0.4 is 5.32 Å². The van der Waals surface area contributed by atoms with E-state index in [0.29, 0.717) is 24.7 Å². The molecule has 0 bridgehead atoms. The van der Waals surface area contributed by atoms with Crippen molar-refractivity contribution < 1.29 is 9.21 Å². The molecular weight excluding hydrogens is 330 g/mol. The molecule has 1 amide bonds. The molecule has 3 rings (SSSR count). The van der Waals surface area contributed by atoms with E-state index in [-0.39, 0.29) is 5.91 Å². The molecule has 3 heterocycles. The molecule has 0 saturated heterocycles. The van der Waals surface area contributed by atoms with Crippen molar-refractivity contribution in [2.24, 2.45) is 0 Å². The van der Waals surface area contributed by atoms with E-state index in [1.54, 1.807) is 23.1 Å². The van der Waals surface area contributed by atoms with Crippen molar-refractivity contribution in [3.05, 3.63) is 66.0 Å². The quantitative estimate of drug-likeness (QED) is 0.674. The van der Waals surface area contributed by atoms with Crippen LogP contribution in [-0.4, -0.2) is 38.7 Å². The van der Waals surface area contributed by atoms with Gasteiger partial charge >= 0.3 is 0 Å². The standard InChI is InChI=1S/C19H23N5O2/c1-3-23(4-2)14-16-6-7-17(26-16)19(25)21-13-15-8-10-20-18(12-15)24-11-5-9-22-24/h5-12H,3-4,13-14H2,1-2H3,(H,21,25). The second kappa shape index (κ2) is 8.44. The molecular formula is C19H23N5O2. The Hall–Kier alpha value is -2.93. The van der Waals surface area contributed by atoms with Gasteiger partial charge in [0.05, 0.1) is 6.54 Å². The van der Waals surface area contributed by atoms with Gasteiger partial charge in [-0.2, -0.15) is 5.10 Å². The van der Waals surface area contributed by atoms with Gasteiger partial charge in [0.15, 0.2) is 11.6 Å². The second-order valence-corrected chi connectivity index (χ2v) is 5.88. The van der Waals surface area contributed by atoms with Crippen molar-refractivity contribution in [2.45, 2.75) is 26.9 Å². The lowest BCUT2D eigenvalue weighted by molar-refractivity contribution is 0.0919. The summed E-state index contributed by atoms with van der Waals surface area (Å²) >= 11 is 0. The third-order valence-corrected chi connectivity index (χ3v) is 4.16. The van der Waals surface area contributed by atoms with Crippen molar-refractivity contribution in [1.82, 2.24) is 25.0 Å². The molecule has 0 radical (unpaired) electrons. The Kier molecular flexibility index (Phi) is 5.80. The van der Waals surface area contributed by atoms with Crippen LogP contribution in [0, 0.1) is 0 Å². The number of nitrogens with zero attached hydrogens (tertiary/aromatic N) is 4. The lowest BCUT2D eigenvalue weighted by atomic mass is 10.2. The SMILES string of the molecule is CCN(CC)Cc1ccc(C(=O)NCc2ccnc(-n3cccn3)c2)o1. The van der Waals surface area contributed by atoms with Gasteiger partial charge in [0.25, 0.3) is 5.91 Å². The van der Waals surface area contributed by atoms with Crippen LogP contribution in [0.5, 0.6) is 0 Å². The first-order chi connectivity index (χ1) is 12.7. The average Bonchev–Trinajstić information content (AvgIpc) is 3.36. The van der Waals surface area contributed by atoms with Gasteiger partial charge in [-0.3, -0.25) is 9.69 Å². The Labute approximate surface area is 152 Å². The van der Waals surface area contributed by atoms with E-state index in [4.69, 9.17) is 4.42 Å². The maximum Gasteiger partial charge on any atom is 0.287 e. The average molecular weight is 353 g/mol. The largest absolute Gasteiger partial charge is 0.455 e. The van der Waals surface area contributed by atoms with Crippen molar-refractivity contribution in [1.29, 1.82) is 0 Å². The number of carbonyl (C=O) groups excluding carboxylic acids is 1. The molecule has 0 fully saturated rings. The molecule has 0 atom stereocenters. The highest BCUT2D eigenvalue weighted by Crippen LogP contribution is 2.11. The van der Waals surface area contributed by atoms with Crippen LogP contribution in [0.4, 0.5) is 0 Å². The van der Waals surface area contributed by atoms with Crippen molar-refractivity contribution in [3.63, 3.8) is 0 Å². The van der Waals surface area contributed by atoms with Gasteiger partial charge in [-0.15, -0.1) is 0 Å². The summed E-state index contributed by atoms with van der Waals surface area (Å²) in [6.45, 7) is 7.19. The molecule has 7 heteroatoms. The van der Waals surface area contributed by atoms with E-state index in [1.807, 2.05) is 30.5 Å². The number of aromatic nitrogens is 3. The minimum atomic E-state index is -0.228. The normalized spacial score (nSPS) is 11.0. The summed E-state index contributed by atoms with van der Waals surface area (Å²) in [5.41, 5.74) is 0.939. The molecule has 0 saturated carbocycles. The number of hydrogen-bond acceptors (Lipinski definition) is 5. The molecule has 3 aromatic heterocycles. The minimum Gasteiger partial charge on any atom is -0.455 e.